The van der Waals surface area contributed by atoms with Crippen LogP contribution in [0.1, 0.15) is 39.0 Å². The summed E-state index contributed by atoms with van der Waals surface area (Å²) in [5.41, 5.74) is 0. The maximum Gasteiger partial charge on any atom is 0.307 e. The van der Waals surface area contributed by atoms with E-state index in [9.17, 15) is 9.90 Å². The normalized spacial score (nSPS) is 28.8. The summed E-state index contributed by atoms with van der Waals surface area (Å²) in [4.78, 5) is 12.8. The molecule has 1 saturated carbocycles. The fourth-order valence-corrected chi connectivity index (χ4v) is 2.43. The van der Waals surface area contributed by atoms with Crippen LogP contribution < -0.4 is 0 Å². The summed E-state index contributed by atoms with van der Waals surface area (Å²) in [6, 6.07) is 0.129. The molecule has 0 radical (unpaired) electrons. The molecule has 0 aliphatic heterocycles. The Hall–Kier alpha value is -0.610. The van der Waals surface area contributed by atoms with Gasteiger partial charge in [-0.25, -0.2) is 0 Å². The maximum absolute atomic E-state index is 10.8. The van der Waals surface area contributed by atoms with Crippen molar-refractivity contribution in [2.24, 2.45) is 5.92 Å². The second-order valence-corrected chi connectivity index (χ2v) is 4.95. The van der Waals surface area contributed by atoms with Gasteiger partial charge in [0.1, 0.15) is 0 Å². The van der Waals surface area contributed by atoms with Gasteiger partial charge in [-0.2, -0.15) is 0 Å². The lowest BCUT2D eigenvalue weighted by Gasteiger charge is -2.31. The topological polar surface area (TPSA) is 60.8 Å². The maximum atomic E-state index is 10.8. The molecule has 0 spiro atoms. The molecule has 0 amide bonds. The molecule has 4 nitrogen and oxygen atoms in total. The SMILES string of the molecule is CC(CN(C)C1CCCCCC1O)C(=O)O. The largest absolute Gasteiger partial charge is 0.481 e. The fraction of sp³-hybridized carbons (Fsp3) is 0.917. The van der Waals surface area contributed by atoms with Gasteiger partial charge in [-0.1, -0.05) is 26.2 Å². The molecule has 16 heavy (non-hydrogen) atoms. The summed E-state index contributed by atoms with van der Waals surface area (Å²) in [6.07, 6.45) is 4.91. The first-order chi connectivity index (χ1) is 7.52. The monoisotopic (exact) mass is 229 g/mol. The highest BCUT2D eigenvalue weighted by atomic mass is 16.4. The van der Waals surface area contributed by atoms with Gasteiger partial charge in [0.25, 0.3) is 0 Å². The molecule has 4 heteroatoms. The summed E-state index contributed by atoms with van der Waals surface area (Å²) in [5.74, 6) is -1.14. The van der Waals surface area contributed by atoms with Crippen LogP contribution in [0.5, 0.6) is 0 Å². The van der Waals surface area contributed by atoms with Crippen LogP contribution in [0.2, 0.25) is 0 Å². The van der Waals surface area contributed by atoms with E-state index in [0.29, 0.717) is 6.54 Å². The van der Waals surface area contributed by atoms with Crippen molar-refractivity contribution in [3.63, 3.8) is 0 Å². The van der Waals surface area contributed by atoms with Gasteiger partial charge in [-0.05, 0) is 19.9 Å². The van der Waals surface area contributed by atoms with Gasteiger partial charge >= 0.3 is 5.97 Å². The third-order valence-electron chi connectivity index (χ3n) is 3.49. The number of aliphatic hydroxyl groups excluding tert-OH is 1. The Morgan fingerprint density at radius 2 is 2.00 bits per heavy atom. The first-order valence-corrected chi connectivity index (χ1v) is 6.13. The third-order valence-corrected chi connectivity index (χ3v) is 3.49. The number of hydrogen-bond donors (Lipinski definition) is 2. The molecule has 0 bridgehead atoms. The van der Waals surface area contributed by atoms with Gasteiger partial charge in [0.2, 0.25) is 0 Å². The number of carboxylic acid groups (broad SMARTS) is 1. The standard InChI is InChI=1S/C12H23NO3/c1-9(12(15)16)8-13(2)10-6-4-3-5-7-11(10)14/h9-11,14H,3-8H2,1-2H3,(H,15,16). The average molecular weight is 229 g/mol. The number of aliphatic hydroxyl groups is 1. The number of carbonyl (C=O) groups is 1. The minimum atomic E-state index is -0.769. The lowest BCUT2D eigenvalue weighted by Crippen LogP contribution is -2.43. The number of hydrogen-bond acceptors (Lipinski definition) is 3. The summed E-state index contributed by atoms with van der Waals surface area (Å²) >= 11 is 0. The molecule has 1 fully saturated rings. The van der Waals surface area contributed by atoms with Crippen LogP contribution in [0.15, 0.2) is 0 Å². The van der Waals surface area contributed by atoms with Crippen molar-refractivity contribution in [3.05, 3.63) is 0 Å². The van der Waals surface area contributed by atoms with Crippen molar-refractivity contribution in [1.82, 2.24) is 4.90 Å². The van der Waals surface area contributed by atoms with Crippen molar-refractivity contribution in [3.8, 4) is 0 Å². The second kappa shape index (κ2) is 6.21. The van der Waals surface area contributed by atoms with E-state index in [2.05, 4.69) is 0 Å². The Balaban J connectivity index is 2.50. The minimum Gasteiger partial charge on any atom is -0.481 e. The first kappa shape index (κ1) is 13.5. The van der Waals surface area contributed by atoms with Crippen molar-refractivity contribution in [2.75, 3.05) is 13.6 Å². The van der Waals surface area contributed by atoms with E-state index in [1.807, 2.05) is 11.9 Å². The summed E-state index contributed by atoms with van der Waals surface area (Å²) < 4.78 is 0. The molecule has 3 unspecified atom stereocenters. The van der Waals surface area contributed by atoms with Gasteiger partial charge in [-0.15, -0.1) is 0 Å². The zero-order valence-corrected chi connectivity index (χ0v) is 10.2. The predicted octanol–water partition coefficient (Wildman–Crippen LogP) is 1.33. The van der Waals surface area contributed by atoms with E-state index in [1.165, 1.54) is 6.42 Å². The Kier molecular flexibility index (Phi) is 5.22. The molecule has 1 aliphatic carbocycles. The number of aliphatic carboxylic acids is 1. The predicted molar refractivity (Wildman–Crippen MR) is 62.3 cm³/mol. The van der Waals surface area contributed by atoms with Gasteiger partial charge < -0.3 is 10.2 Å². The summed E-state index contributed by atoms with van der Waals surface area (Å²) in [5, 5.41) is 18.8. The molecule has 0 heterocycles. The van der Waals surface area contributed by atoms with Crippen LogP contribution in [0.25, 0.3) is 0 Å². The van der Waals surface area contributed by atoms with E-state index < -0.39 is 5.97 Å². The van der Waals surface area contributed by atoms with Crippen molar-refractivity contribution < 1.29 is 15.0 Å². The molecule has 1 aliphatic rings. The second-order valence-electron chi connectivity index (χ2n) is 4.95. The number of nitrogens with zero attached hydrogens (tertiary/aromatic N) is 1. The van der Waals surface area contributed by atoms with Crippen LogP contribution in [-0.4, -0.2) is 46.8 Å². The Labute approximate surface area is 97.3 Å². The molecular formula is C12H23NO3. The van der Waals surface area contributed by atoms with Crippen LogP contribution in [0.3, 0.4) is 0 Å². The van der Waals surface area contributed by atoms with Crippen molar-refractivity contribution in [2.45, 2.75) is 51.2 Å². The van der Waals surface area contributed by atoms with Crippen LogP contribution in [0, 0.1) is 5.92 Å². The fourth-order valence-electron chi connectivity index (χ4n) is 2.43. The molecule has 1 rings (SSSR count). The van der Waals surface area contributed by atoms with Gasteiger partial charge in [0.05, 0.1) is 12.0 Å². The molecule has 0 aromatic rings. The Morgan fingerprint density at radius 3 is 2.62 bits per heavy atom. The number of rotatable bonds is 4. The summed E-state index contributed by atoms with van der Waals surface area (Å²) in [7, 11) is 1.92. The lowest BCUT2D eigenvalue weighted by molar-refractivity contribution is -0.142. The Morgan fingerprint density at radius 1 is 1.38 bits per heavy atom. The third kappa shape index (κ3) is 3.76. The highest BCUT2D eigenvalue weighted by Gasteiger charge is 2.27. The first-order valence-electron chi connectivity index (χ1n) is 6.13. The van der Waals surface area contributed by atoms with E-state index in [4.69, 9.17) is 5.11 Å². The van der Waals surface area contributed by atoms with Crippen molar-refractivity contribution in [1.29, 1.82) is 0 Å². The zero-order valence-electron chi connectivity index (χ0n) is 10.2. The highest BCUT2D eigenvalue weighted by Crippen LogP contribution is 2.22. The van der Waals surface area contributed by atoms with Crippen LogP contribution in [0.4, 0.5) is 0 Å². The number of likely N-dealkylation sites (N-methyl/N-ethyl adjacent to an activating group) is 1. The summed E-state index contributed by atoms with van der Waals surface area (Å²) in [6.45, 7) is 2.22. The molecule has 0 aromatic carbocycles. The van der Waals surface area contributed by atoms with E-state index in [0.717, 1.165) is 25.7 Å². The smallest absolute Gasteiger partial charge is 0.307 e. The molecular weight excluding hydrogens is 206 g/mol. The Bertz CT molecular complexity index is 232. The number of carboxylic acids is 1. The molecule has 0 saturated heterocycles. The molecule has 3 atom stereocenters. The van der Waals surface area contributed by atoms with Crippen molar-refractivity contribution >= 4 is 5.97 Å². The van der Waals surface area contributed by atoms with E-state index >= 15 is 0 Å². The highest BCUT2D eigenvalue weighted by molar-refractivity contribution is 5.69. The van der Waals surface area contributed by atoms with Crippen LogP contribution >= 0.6 is 0 Å². The molecule has 0 aromatic heterocycles. The molecule has 2 N–H and O–H groups in total. The van der Waals surface area contributed by atoms with E-state index in [1.54, 1.807) is 6.92 Å². The average Bonchev–Trinajstić information content (AvgIpc) is 2.42. The van der Waals surface area contributed by atoms with Gasteiger partial charge in [-0.3, -0.25) is 9.69 Å². The zero-order chi connectivity index (χ0) is 12.1. The minimum absolute atomic E-state index is 0.129. The lowest BCUT2D eigenvalue weighted by atomic mass is 10.0. The van der Waals surface area contributed by atoms with Crippen LogP contribution in [-0.2, 0) is 4.79 Å². The molecule has 94 valence electrons. The van der Waals surface area contributed by atoms with E-state index in [-0.39, 0.29) is 18.1 Å². The van der Waals surface area contributed by atoms with Gasteiger partial charge in [0, 0.05) is 12.6 Å². The quantitative estimate of drug-likeness (QED) is 0.714. The van der Waals surface area contributed by atoms with Gasteiger partial charge in [0.15, 0.2) is 0 Å².